The van der Waals surface area contributed by atoms with E-state index in [1.165, 1.54) is 26.5 Å². The number of carbonyl (C=O) groups excluding carboxylic acids is 2. The van der Waals surface area contributed by atoms with Gasteiger partial charge in [0.2, 0.25) is 5.91 Å². The number of nitrogens with zero attached hydrogens (tertiary/aromatic N) is 1. The molecule has 0 saturated heterocycles. The summed E-state index contributed by atoms with van der Waals surface area (Å²) in [4.78, 5) is 28.5. The van der Waals surface area contributed by atoms with Crippen LogP contribution in [0.2, 0.25) is 0 Å². The van der Waals surface area contributed by atoms with Crippen LogP contribution in [0.4, 0.5) is 22.9 Å². The third-order valence-electron chi connectivity index (χ3n) is 4.27. The van der Waals surface area contributed by atoms with Gasteiger partial charge in [-0.05, 0) is 42.5 Å². The quantitative estimate of drug-likeness (QED) is 0.474. The van der Waals surface area contributed by atoms with Crippen molar-refractivity contribution in [2.24, 2.45) is 0 Å². The van der Waals surface area contributed by atoms with Gasteiger partial charge in [0.1, 0.15) is 17.3 Å². The molecule has 0 aliphatic rings. The second-order valence-corrected chi connectivity index (χ2v) is 6.35. The Morgan fingerprint density at radius 2 is 1.61 bits per heavy atom. The minimum atomic E-state index is -0.322. The Morgan fingerprint density at radius 1 is 0.935 bits per heavy atom. The molecular weight excluding hydrogens is 396 g/mol. The molecule has 3 N–H and O–H groups in total. The maximum absolute atomic E-state index is 12.6. The maximum Gasteiger partial charge on any atom is 0.255 e. The van der Waals surface area contributed by atoms with Crippen molar-refractivity contribution < 1.29 is 19.1 Å². The normalized spacial score (nSPS) is 10.0. The Morgan fingerprint density at radius 3 is 2.19 bits per heavy atom. The van der Waals surface area contributed by atoms with Gasteiger partial charge < -0.3 is 25.4 Å². The molecule has 2 aromatic carbocycles. The Hall–Kier alpha value is -4.33. The Balaban J connectivity index is 1.71. The average Bonchev–Trinajstić information content (AvgIpc) is 2.81. The van der Waals surface area contributed by atoms with E-state index in [1.807, 2.05) is 18.2 Å². The molecule has 0 aliphatic carbocycles. The summed E-state index contributed by atoms with van der Waals surface area (Å²) >= 11 is 0. The number of ether oxygens (including phenoxy) is 2. The number of aromatic nitrogens is 1. The number of hydrogen-bond donors (Lipinski definition) is 3. The minimum absolute atomic E-state index is 0.311. The molecule has 0 fully saturated rings. The summed E-state index contributed by atoms with van der Waals surface area (Å²) in [7, 11) is 3.04. The number of methoxy groups -OCH3 is 2. The standard InChI is InChI=1S/C23H22N4O4/c1-4-22(28)27-20-8-6-5-7-19(20)26-21-10-9-16(14-24-21)25-23(29)15-11-17(30-2)13-18(12-15)31-3/h4-14H,1H2,2-3H3,(H,24,26)(H,25,29)(H,27,28). The first-order chi connectivity index (χ1) is 15.0. The number of amides is 2. The van der Waals surface area contributed by atoms with E-state index in [9.17, 15) is 9.59 Å². The van der Waals surface area contributed by atoms with Crippen LogP contribution >= 0.6 is 0 Å². The lowest BCUT2D eigenvalue weighted by Crippen LogP contribution is -2.12. The van der Waals surface area contributed by atoms with E-state index in [0.29, 0.717) is 39.9 Å². The van der Waals surface area contributed by atoms with Gasteiger partial charge in [0.05, 0.1) is 37.5 Å². The summed E-state index contributed by atoms with van der Waals surface area (Å²) in [6, 6.07) is 15.6. The highest BCUT2D eigenvalue weighted by molar-refractivity contribution is 6.05. The van der Waals surface area contributed by atoms with E-state index >= 15 is 0 Å². The number of hydrogen-bond acceptors (Lipinski definition) is 6. The summed E-state index contributed by atoms with van der Waals surface area (Å²) in [6.45, 7) is 3.45. The molecule has 0 saturated carbocycles. The molecule has 3 rings (SSSR count). The first-order valence-corrected chi connectivity index (χ1v) is 9.32. The van der Waals surface area contributed by atoms with E-state index < -0.39 is 0 Å². The molecule has 31 heavy (non-hydrogen) atoms. The van der Waals surface area contributed by atoms with Gasteiger partial charge in [0.25, 0.3) is 5.91 Å². The van der Waals surface area contributed by atoms with Crippen LogP contribution in [0.5, 0.6) is 11.5 Å². The van der Waals surface area contributed by atoms with E-state index in [4.69, 9.17) is 9.47 Å². The molecule has 0 unspecified atom stereocenters. The lowest BCUT2D eigenvalue weighted by Gasteiger charge is -2.12. The number of anilines is 4. The fourth-order valence-electron chi connectivity index (χ4n) is 2.71. The molecule has 0 spiro atoms. The lowest BCUT2D eigenvalue weighted by atomic mass is 10.2. The first kappa shape index (κ1) is 21.4. The van der Waals surface area contributed by atoms with E-state index in [2.05, 4.69) is 27.5 Å². The highest BCUT2D eigenvalue weighted by Gasteiger charge is 2.11. The molecule has 1 heterocycles. The van der Waals surface area contributed by atoms with Crippen molar-refractivity contribution in [1.82, 2.24) is 4.98 Å². The zero-order valence-electron chi connectivity index (χ0n) is 17.1. The topological polar surface area (TPSA) is 102 Å². The molecule has 0 atom stereocenters. The third kappa shape index (κ3) is 5.60. The smallest absolute Gasteiger partial charge is 0.255 e. The fraction of sp³-hybridized carbons (Fsp3) is 0.0870. The zero-order chi connectivity index (χ0) is 22.2. The number of rotatable bonds is 8. The highest BCUT2D eigenvalue weighted by Crippen LogP contribution is 2.26. The van der Waals surface area contributed by atoms with E-state index in [1.54, 1.807) is 36.4 Å². The second-order valence-electron chi connectivity index (χ2n) is 6.35. The van der Waals surface area contributed by atoms with Crippen molar-refractivity contribution in [3.05, 3.63) is 79.0 Å². The Bertz CT molecular complexity index is 1070. The monoisotopic (exact) mass is 418 g/mol. The highest BCUT2D eigenvalue weighted by atomic mass is 16.5. The summed E-state index contributed by atoms with van der Waals surface area (Å²) in [5.41, 5.74) is 2.18. The van der Waals surface area contributed by atoms with Crippen LogP contribution in [-0.2, 0) is 4.79 Å². The number of para-hydroxylation sites is 2. The van der Waals surface area contributed by atoms with Crippen LogP contribution in [-0.4, -0.2) is 31.0 Å². The van der Waals surface area contributed by atoms with Gasteiger partial charge in [0.15, 0.2) is 0 Å². The van der Waals surface area contributed by atoms with Crippen LogP contribution in [0.25, 0.3) is 0 Å². The van der Waals surface area contributed by atoms with Gasteiger partial charge in [-0.25, -0.2) is 4.98 Å². The van der Waals surface area contributed by atoms with Gasteiger partial charge in [-0.15, -0.1) is 0 Å². The third-order valence-corrected chi connectivity index (χ3v) is 4.27. The Labute approximate surface area is 179 Å². The SMILES string of the molecule is C=CC(=O)Nc1ccccc1Nc1ccc(NC(=O)c2cc(OC)cc(OC)c2)cn1. The van der Waals surface area contributed by atoms with Crippen molar-refractivity contribution in [3.63, 3.8) is 0 Å². The molecule has 2 amide bonds. The van der Waals surface area contributed by atoms with Crippen molar-refractivity contribution in [1.29, 1.82) is 0 Å². The summed E-state index contributed by atoms with van der Waals surface area (Å²) in [5.74, 6) is 0.946. The lowest BCUT2D eigenvalue weighted by molar-refractivity contribution is -0.111. The zero-order valence-corrected chi connectivity index (χ0v) is 17.1. The van der Waals surface area contributed by atoms with Gasteiger partial charge in [-0.1, -0.05) is 18.7 Å². The molecule has 1 aromatic heterocycles. The second kappa shape index (κ2) is 9.93. The Kier molecular flexibility index (Phi) is 6.85. The molecule has 158 valence electrons. The van der Waals surface area contributed by atoms with Gasteiger partial charge in [-0.3, -0.25) is 9.59 Å². The number of pyridine rings is 1. The maximum atomic E-state index is 12.6. The number of carbonyl (C=O) groups is 2. The van der Waals surface area contributed by atoms with Crippen molar-refractivity contribution in [2.75, 3.05) is 30.2 Å². The number of nitrogens with one attached hydrogen (secondary N) is 3. The summed E-state index contributed by atoms with van der Waals surface area (Å²) in [5, 5.41) is 8.66. The molecule has 3 aromatic rings. The molecule has 8 nitrogen and oxygen atoms in total. The van der Waals surface area contributed by atoms with Crippen LogP contribution in [0.1, 0.15) is 10.4 Å². The first-order valence-electron chi connectivity index (χ1n) is 9.32. The molecule has 0 radical (unpaired) electrons. The van der Waals surface area contributed by atoms with Crippen LogP contribution in [0, 0.1) is 0 Å². The van der Waals surface area contributed by atoms with Gasteiger partial charge in [-0.2, -0.15) is 0 Å². The van der Waals surface area contributed by atoms with E-state index in [-0.39, 0.29) is 11.8 Å². The van der Waals surface area contributed by atoms with Gasteiger partial charge >= 0.3 is 0 Å². The predicted octanol–water partition coefficient (Wildman–Crippen LogP) is 4.22. The minimum Gasteiger partial charge on any atom is -0.497 e. The van der Waals surface area contributed by atoms with Crippen LogP contribution < -0.4 is 25.4 Å². The summed E-state index contributed by atoms with van der Waals surface area (Å²) < 4.78 is 10.4. The summed E-state index contributed by atoms with van der Waals surface area (Å²) in [6.07, 6.45) is 2.73. The van der Waals surface area contributed by atoms with Crippen molar-refractivity contribution in [2.45, 2.75) is 0 Å². The van der Waals surface area contributed by atoms with Gasteiger partial charge in [0, 0.05) is 11.6 Å². The van der Waals surface area contributed by atoms with Crippen LogP contribution in [0.3, 0.4) is 0 Å². The molecular formula is C23H22N4O4. The van der Waals surface area contributed by atoms with Crippen molar-refractivity contribution >= 4 is 34.7 Å². The predicted molar refractivity (Wildman–Crippen MR) is 120 cm³/mol. The number of benzene rings is 2. The molecule has 8 heteroatoms. The van der Waals surface area contributed by atoms with Crippen LogP contribution in [0.15, 0.2) is 73.4 Å². The fourth-order valence-corrected chi connectivity index (χ4v) is 2.71. The van der Waals surface area contributed by atoms with Crippen molar-refractivity contribution in [3.8, 4) is 11.5 Å². The largest absolute Gasteiger partial charge is 0.497 e. The average molecular weight is 418 g/mol. The van der Waals surface area contributed by atoms with E-state index in [0.717, 1.165) is 0 Å². The molecule has 0 aliphatic heterocycles. The molecule has 0 bridgehead atoms.